The topological polar surface area (TPSA) is 41.1 Å². The van der Waals surface area contributed by atoms with Crippen LogP contribution in [0.15, 0.2) is 30.3 Å². The highest BCUT2D eigenvalue weighted by atomic mass is 32.1. The highest BCUT2D eigenvalue weighted by molar-refractivity contribution is 7.80. The van der Waals surface area contributed by atoms with Crippen molar-refractivity contribution in [3.63, 3.8) is 0 Å². The van der Waals surface area contributed by atoms with Crippen LogP contribution >= 0.6 is 12.2 Å². The molecule has 106 valence electrons. The van der Waals surface area contributed by atoms with E-state index in [0.717, 1.165) is 12.0 Å². The molecule has 2 aliphatic rings. The summed E-state index contributed by atoms with van der Waals surface area (Å²) < 4.78 is 0. The Balaban J connectivity index is 1.95. The van der Waals surface area contributed by atoms with Crippen LogP contribution in [0, 0.1) is 11.3 Å². The standard InChI is InChI=1S/C16H20N2OS/c1-16(2)8-11-13(12(19)9-16)14(18-15(20)17-11)10-6-4-3-5-7-10/h3-7,11,13-14H,8-9H2,1-2H3,(H2,17,18,20)/t11-,13-,14+/m0/s1. The molecular weight excluding hydrogens is 268 g/mol. The summed E-state index contributed by atoms with van der Waals surface area (Å²) >= 11 is 5.33. The van der Waals surface area contributed by atoms with E-state index in [-0.39, 0.29) is 23.4 Å². The molecule has 0 unspecified atom stereocenters. The summed E-state index contributed by atoms with van der Waals surface area (Å²) in [6.45, 7) is 4.32. The molecule has 1 aliphatic carbocycles. The number of carbonyl (C=O) groups excluding carboxylic acids is 1. The van der Waals surface area contributed by atoms with Crippen molar-refractivity contribution in [1.82, 2.24) is 10.6 Å². The summed E-state index contributed by atoms with van der Waals surface area (Å²) in [6.07, 6.45) is 1.63. The van der Waals surface area contributed by atoms with E-state index in [2.05, 4.69) is 36.6 Å². The third kappa shape index (κ3) is 2.44. The third-order valence-corrected chi connectivity index (χ3v) is 4.59. The van der Waals surface area contributed by atoms with Gasteiger partial charge in [0.05, 0.1) is 12.0 Å². The van der Waals surface area contributed by atoms with Crippen molar-refractivity contribution in [2.24, 2.45) is 11.3 Å². The highest BCUT2D eigenvalue weighted by Gasteiger charge is 2.47. The summed E-state index contributed by atoms with van der Waals surface area (Å²) in [6, 6.07) is 10.3. The average Bonchev–Trinajstić information content (AvgIpc) is 2.36. The lowest BCUT2D eigenvalue weighted by molar-refractivity contribution is -0.130. The van der Waals surface area contributed by atoms with Gasteiger partial charge in [0.2, 0.25) is 0 Å². The van der Waals surface area contributed by atoms with Crippen molar-refractivity contribution >= 4 is 23.1 Å². The molecular formula is C16H20N2OS. The fraction of sp³-hybridized carbons (Fsp3) is 0.500. The molecule has 2 fully saturated rings. The molecule has 3 rings (SSSR count). The monoisotopic (exact) mass is 288 g/mol. The number of hydrogen-bond acceptors (Lipinski definition) is 2. The minimum Gasteiger partial charge on any atom is -0.359 e. The summed E-state index contributed by atoms with van der Waals surface area (Å²) in [7, 11) is 0. The normalized spacial score (nSPS) is 32.0. The molecule has 0 aromatic heterocycles. The first kappa shape index (κ1) is 13.6. The molecule has 1 aromatic carbocycles. The fourth-order valence-electron chi connectivity index (χ4n) is 3.56. The summed E-state index contributed by atoms with van der Waals surface area (Å²) in [5, 5.41) is 7.25. The number of hydrogen-bond donors (Lipinski definition) is 2. The third-order valence-electron chi connectivity index (χ3n) is 4.35. The molecule has 4 heteroatoms. The highest BCUT2D eigenvalue weighted by Crippen LogP contribution is 2.42. The lowest BCUT2D eigenvalue weighted by Crippen LogP contribution is -2.61. The van der Waals surface area contributed by atoms with Crippen molar-refractivity contribution in [1.29, 1.82) is 0 Å². The van der Waals surface area contributed by atoms with E-state index in [9.17, 15) is 4.79 Å². The second kappa shape index (κ2) is 4.85. The molecule has 1 aromatic rings. The van der Waals surface area contributed by atoms with Gasteiger partial charge in [-0.25, -0.2) is 0 Å². The zero-order valence-electron chi connectivity index (χ0n) is 11.8. The number of benzene rings is 1. The van der Waals surface area contributed by atoms with Crippen LogP contribution in [0.1, 0.15) is 38.3 Å². The predicted octanol–water partition coefficient (Wildman–Crippen LogP) is 2.58. The fourth-order valence-corrected chi connectivity index (χ4v) is 3.84. The lowest BCUT2D eigenvalue weighted by atomic mass is 9.66. The number of rotatable bonds is 1. The number of thiocarbonyl (C=S) groups is 1. The van der Waals surface area contributed by atoms with E-state index < -0.39 is 0 Å². The summed E-state index contributed by atoms with van der Waals surface area (Å²) in [4.78, 5) is 12.6. The number of carbonyl (C=O) groups is 1. The Kier molecular flexibility index (Phi) is 3.28. The van der Waals surface area contributed by atoms with Gasteiger partial charge < -0.3 is 10.6 Å². The maximum Gasteiger partial charge on any atom is 0.167 e. The summed E-state index contributed by atoms with van der Waals surface area (Å²) in [5.74, 6) is 0.305. The Morgan fingerprint density at radius 2 is 1.90 bits per heavy atom. The van der Waals surface area contributed by atoms with E-state index in [4.69, 9.17) is 12.2 Å². The molecule has 0 amide bonds. The molecule has 20 heavy (non-hydrogen) atoms. The second-order valence-corrected chi connectivity index (χ2v) is 7.06. The minimum atomic E-state index is -0.0304. The minimum absolute atomic E-state index is 0.00134. The van der Waals surface area contributed by atoms with Crippen LogP contribution in [-0.4, -0.2) is 16.9 Å². The van der Waals surface area contributed by atoms with Gasteiger partial charge in [-0.1, -0.05) is 44.2 Å². The molecule has 2 N–H and O–H groups in total. The van der Waals surface area contributed by atoms with E-state index in [1.165, 1.54) is 0 Å². The number of ketones is 1. The molecule has 1 saturated carbocycles. The molecule has 1 aliphatic heterocycles. The van der Waals surface area contributed by atoms with Crippen molar-refractivity contribution in [3.05, 3.63) is 35.9 Å². The largest absolute Gasteiger partial charge is 0.359 e. The van der Waals surface area contributed by atoms with Crippen LogP contribution in [-0.2, 0) is 4.79 Å². The van der Waals surface area contributed by atoms with E-state index in [1.54, 1.807) is 0 Å². The van der Waals surface area contributed by atoms with Crippen molar-refractivity contribution in [2.45, 2.75) is 38.8 Å². The first-order valence-corrected chi connectivity index (χ1v) is 7.52. The van der Waals surface area contributed by atoms with Gasteiger partial charge in [0.1, 0.15) is 5.78 Å². The zero-order valence-corrected chi connectivity index (χ0v) is 12.7. The first-order valence-electron chi connectivity index (χ1n) is 7.11. The van der Waals surface area contributed by atoms with E-state index in [1.807, 2.05) is 18.2 Å². The Bertz CT molecular complexity index is 541. The zero-order chi connectivity index (χ0) is 14.3. The van der Waals surface area contributed by atoms with Crippen LogP contribution in [0.2, 0.25) is 0 Å². The van der Waals surface area contributed by atoms with Gasteiger partial charge in [0.25, 0.3) is 0 Å². The van der Waals surface area contributed by atoms with Crippen LogP contribution in [0.3, 0.4) is 0 Å². The van der Waals surface area contributed by atoms with E-state index in [0.29, 0.717) is 17.3 Å². The Morgan fingerprint density at radius 1 is 1.20 bits per heavy atom. The smallest absolute Gasteiger partial charge is 0.167 e. The Labute approximate surface area is 125 Å². The van der Waals surface area contributed by atoms with Gasteiger partial charge in [0.15, 0.2) is 5.11 Å². The number of Topliss-reactive ketones (excluding diaryl/α,β-unsaturated/α-hetero) is 1. The second-order valence-electron chi connectivity index (χ2n) is 6.65. The van der Waals surface area contributed by atoms with Crippen molar-refractivity contribution in [3.8, 4) is 0 Å². The van der Waals surface area contributed by atoms with Gasteiger partial charge in [-0.3, -0.25) is 4.79 Å². The molecule has 0 radical (unpaired) electrons. The lowest BCUT2D eigenvalue weighted by Gasteiger charge is -2.47. The van der Waals surface area contributed by atoms with Gasteiger partial charge in [0, 0.05) is 12.5 Å². The van der Waals surface area contributed by atoms with Gasteiger partial charge >= 0.3 is 0 Å². The maximum atomic E-state index is 12.6. The van der Waals surface area contributed by atoms with Crippen molar-refractivity contribution in [2.75, 3.05) is 0 Å². The average molecular weight is 288 g/mol. The van der Waals surface area contributed by atoms with Crippen LogP contribution in [0.5, 0.6) is 0 Å². The van der Waals surface area contributed by atoms with Gasteiger partial charge in [-0.2, -0.15) is 0 Å². The molecule has 1 heterocycles. The first-order chi connectivity index (χ1) is 9.46. The quantitative estimate of drug-likeness (QED) is 0.779. The summed E-state index contributed by atoms with van der Waals surface area (Å²) in [5.41, 5.74) is 1.19. The Morgan fingerprint density at radius 3 is 2.60 bits per heavy atom. The van der Waals surface area contributed by atoms with Gasteiger partial charge in [-0.05, 0) is 29.6 Å². The molecule has 3 nitrogen and oxygen atoms in total. The predicted molar refractivity (Wildman–Crippen MR) is 83.4 cm³/mol. The number of nitrogens with one attached hydrogen (secondary N) is 2. The molecule has 0 bridgehead atoms. The molecule has 3 atom stereocenters. The van der Waals surface area contributed by atoms with Crippen LogP contribution in [0.25, 0.3) is 0 Å². The van der Waals surface area contributed by atoms with Crippen LogP contribution in [0.4, 0.5) is 0 Å². The van der Waals surface area contributed by atoms with Crippen molar-refractivity contribution < 1.29 is 4.79 Å². The van der Waals surface area contributed by atoms with Gasteiger partial charge in [-0.15, -0.1) is 0 Å². The Hall–Kier alpha value is -1.42. The SMILES string of the molecule is CC1(C)CC(=O)[C@@H]2[C@H](C1)NC(=S)N[C@@H]2c1ccccc1. The maximum absolute atomic E-state index is 12.6. The van der Waals surface area contributed by atoms with E-state index >= 15 is 0 Å². The molecule has 0 spiro atoms. The molecule has 1 saturated heterocycles. The number of fused-ring (bicyclic) bond motifs is 1. The van der Waals surface area contributed by atoms with Crippen LogP contribution < -0.4 is 10.6 Å².